The van der Waals surface area contributed by atoms with Gasteiger partial charge in [-0.2, -0.15) is 0 Å². The molecule has 0 radical (unpaired) electrons. The second-order valence-corrected chi connectivity index (χ2v) is 5.66. The molecule has 9 heteroatoms. The fourth-order valence-corrected chi connectivity index (χ4v) is 2.31. The van der Waals surface area contributed by atoms with Crippen LogP contribution in [0.2, 0.25) is 0 Å². The zero-order valence-corrected chi connectivity index (χ0v) is 14.0. The highest BCUT2D eigenvalue weighted by atomic mass is 19.1. The Balaban J connectivity index is 2.43. The number of aromatic nitrogens is 2. The molecule has 0 aromatic carbocycles. The number of carbonyl (C=O) groups is 1. The molecule has 2 rings (SSSR count). The summed E-state index contributed by atoms with van der Waals surface area (Å²) in [5.74, 6) is -1.57. The van der Waals surface area contributed by atoms with E-state index in [1.807, 2.05) is 6.92 Å². The van der Waals surface area contributed by atoms with E-state index in [1.54, 1.807) is 13.0 Å². The predicted molar refractivity (Wildman–Crippen MR) is 94.4 cm³/mol. The molecule has 1 amide bonds. The summed E-state index contributed by atoms with van der Waals surface area (Å²) in [6, 6.07) is 3.42. The molecule has 8 nitrogen and oxygen atoms in total. The molecule has 0 spiro atoms. The van der Waals surface area contributed by atoms with Crippen LogP contribution in [0.4, 0.5) is 21.7 Å². The van der Waals surface area contributed by atoms with Gasteiger partial charge in [-0.15, -0.1) is 0 Å². The molecule has 134 valence electrons. The Morgan fingerprint density at radius 1 is 1.40 bits per heavy atom. The molecule has 25 heavy (non-hydrogen) atoms. The van der Waals surface area contributed by atoms with Gasteiger partial charge in [-0.1, -0.05) is 6.92 Å². The van der Waals surface area contributed by atoms with Crippen molar-refractivity contribution in [1.29, 1.82) is 0 Å². The number of carbonyl (C=O) groups excluding carboxylic acids is 1. The molecule has 0 fully saturated rings. The van der Waals surface area contributed by atoms with Crippen LogP contribution in [-0.4, -0.2) is 28.0 Å². The smallest absolute Gasteiger partial charge is 0.252 e. The number of amides is 1. The van der Waals surface area contributed by atoms with Gasteiger partial charge in [0.1, 0.15) is 5.82 Å². The molecule has 2 aromatic heterocycles. The normalized spacial score (nSPS) is 13.1. The van der Waals surface area contributed by atoms with Crippen LogP contribution in [0.5, 0.6) is 0 Å². The van der Waals surface area contributed by atoms with Gasteiger partial charge in [0.05, 0.1) is 5.56 Å². The van der Waals surface area contributed by atoms with E-state index in [4.69, 9.17) is 11.5 Å². The second-order valence-electron chi connectivity index (χ2n) is 5.66. The van der Waals surface area contributed by atoms with Crippen LogP contribution in [-0.2, 0) is 0 Å². The van der Waals surface area contributed by atoms with Crippen LogP contribution in [0, 0.1) is 5.82 Å². The molecule has 0 bridgehead atoms. The lowest BCUT2D eigenvalue weighted by atomic mass is 10.1. The number of nitrogens with two attached hydrogens (primary N) is 2. The molecule has 2 heterocycles. The van der Waals surface area contributed by atoms with Crippen molar-refractivity contribution in [1.82, 2.24) is 9.97 Å². The van der Waals surface area contributed by atoms with Crippen LogP contribution in [0.1, 0.15) is 30.6 Å². The number of aromatic amines is 1. The van der Waals surface area contributed by atoms with Gasteiger partial charge in [-0.05, 0) is 25.5 Å². The number of primary amides is 1. The lowest BCUT2D eigenvalue weighted by molar-refractivity contribution is 0.100. The first-order valence-electron chi connectivity index (χ1n) is 7.80. The standard InChI is InChI=1S/C16H21FN6O2/c1-3-12(8(2)18)22-16-11(17)7-10(14(19)25)15(23-16)21-9-4-5-20-13(24)6-9/h4-8,12H,3,18H2,1-2H3,(H2,19,25)(H3,20,21,22,23,24)/t8-,12+/m0/s1. The summed E-state index contributed by atoms with van der Waals surface area (Å²) in [7, 11) is 0. The molecule has 0 aliphatic carbocycles. The summed E-state index contributed by atoms with van der Waals surface area (Å²) >= 11 is 0. The van der Waals surface area contributed by atoms with Gasteiger partial charge in [0, 0.05) is 30.0 Å². The van der Waals surface area contributed by atoms with Crippen molar-refractivity contribution in [3.63, 3.8) is 0 Å². The number of halogens is 1. The van der Waals surface area contributed by atoms with Crippen LogP contribution < -0.4 is 27.7 Å². The summed E-state index contributed by atoms with van der Waals surface area (Å²) in [5.41, 5.74) is 11.1. The zero-order valence-electron chi connectivity index (χ0n) is 14.0. The maximum absolute atomic E-state index is 14.3. The summed E-state index contributed by atoms with van der Waals surface area (Å²) in [6.07, 6.45) is 2.09. The van der Waals surface area contributed by atoms with E-state index < -0.39 is 11.7 Å². The summed E-state index contributed by atoms with van der Waals surface area (Å²) < 4.78 is 14.3. The Hall–Kier alpha value is -2.94. The highest BCUT2D eigenvalue weighted by Crippen LogP contribution is 2.24. The van der Waals surface area contributed by atoms with E-state index in [0.717, 1.165) is 6.07 Å². The van der Waals surface area contributed by atoms with Gasteiger partial charge in [0.2, 0.25) is 5.56 Å². The number of H-pyrrole nitrogens is 1. The first-order valence-corrected chi connectivity index (χ1v) is 7.80. The number of rotatable bonds is 7. The minimum absolute atomic E-state index is 0.0431. The summed E-state index contributed by atoms with van der Waals surface area (Å²) in [5, 5.41) is 5.74. The number of hydrogen-bond donors (Lipinski definition) is 5. The molecule has 0 saturated heterocycles. The lowest BCUT2D eigenvalue weighted by Crippen LogP contribution is -2.38. The van der Waals surface area contributed by atoms with Crippen molar-refractivity contribution in [2.24, 2.45) is 11.5 Å². The monoisotopic (exact) mass is 348 g/mol. The summed E-state index contributed by atoms with van der Waals surface area (Å²) in [4.78, 5) is 29.6. The fraction of sp³-hybridized carbons (Fsp3) is 0.312. The number of nitrogens with zero attached hydrogens (tertiary/aromatic N) is 1. The van der Waals surface area contributed by atoms with E-state index in [0.29, 0.717) is 12.1 Å². The lowest BCUT2D eigenvalue weighted by Gasteiger charge is -2.22. The van der Waals surface area contributed by atoms with Crippen molar-refractivity contribution < 1.29 is 9.18 Å². The highest BCUT2D eigenvalue weighted by molar-refractivity contribution is 5.98. The third-order valence-corrected chi connectivity index (χ3v) is 3.68. The van der Waals surface area contributed by atoms with Gasteiger partial charge in [0.25, 0.3) is 5.91 Å². The van der Waals surface area contributed by atoms with Crippen molar-refractivity contribution >= 4 is 23.2 Å². The minimum atomic E-state index is -0.843. The molecule has 7 N–H and O–H groups in total. The van der Waals surface area contributed by atoms with E-state index in [1.165, 1.54) is 12.3 Å². The van der Waals surface area contributed by atoms with Gasteiger partial charge >= 0.3 is 0 Å². The molecule has 2 aromatic rings. The van der Waals surface area contributed by atoms with Gasteiger partial charge in [0.15, 0.2) is 11.6 Å². The van der Waals surface area contributed by atoms with E-state index in [-0.39, 0.29) is 34.8 Å². The second kappa shape index (κ2) is 7.75. The van der Waals surface area contributed by atoms with E-state index in [9.17, 15) is 14.0 Å². The third-order valence-electron chi connectivity index (χ3n) is 3.68. The molecule has 0 saturated carbocycles. The maximum atomic E-state index is 14.3. The SMILES string of the molecule is CC[C@@H](Nc1nc(Nc2cc[nH]c(=O)c2)c(C(N)=O)cc1F)[C@H](C)N. The van der Waals surface area contributed by atoms with Crippen molar-refractivity contribution in [3.05, 3.63) is 46.1 Å². The Bertz CT molecular complexity index is 821. The van der Waals surface area contributed by atoms with Crippen LogP contribution in [0.15, 0.2) is 29.2 Å². The van der Waals surface area contributed by atoms with Gasteiger partial charge in [-0.3, -0.25) is 9.59 Å². The molecule has 0 aliphatic rings. The Morgan fingerprint density at radius 2 is 2.12 bits per heavy atom. The predicted octanol–water partition coefficient (Wildman–Crippen LogP) is 1.29. The largest absolute Gasteiger partial charge is 0.365 e. The molecular formula is C16H21FN6O2. The molecular weight excluding hydrogens is 327 g/mol. The number of pyridine rings is 2. The van der Waals surface area contributed by atoms with Gasteiger partial charge in [-0.25, -0.2) is 9.37 Å². The van der Waals surface area contributed by atoms with Crippen LogP contribution >= 0.6 is 0 Å². The number of anilines is 3. The third kappa shape index (κ3) is 4.54. The first-order chi connectivity index (χ1) is 11.8. The number of nitrogens with one attached hydrogen (secondary N) is 3. The van der Waals surface area contributed by atoms with Gasteiger partial charge < -0.3 is 27.1 Å². The Morgan fingerprint density at radius 3 is 2.68 bits per heavy atom. The van der Waals surface area contributed by atoms with E-state index >= 15 is 0 Å². The fourth-order valence-electron chi connectivity index (χ4n) is 2.31. The maximum Gasteiger partial charge on any atom is 0.252 e. The molecule has 2 atom stereocenters. The van der Waals surface area contributed by atoms with Crippen LogP contribution in [0.25, 0.3) is 0 Å². The van der Waals surface area contributed by atoms with Crippen LogP contribution in [0.3, 0.4) is 0 Å². The number of hydrogen-bond acceptors (Lipinski definition) is 6. The van der Waals surface area contributed by atoms with E-state index in [2.05, 4.69) is 20.6 Å². The topological polar surface area (TPSA) is 139 Å². The highest BCUT2D eigenvalue weighted by Gasteiger charge is 2.19. The summed E-state index contributed by atoms with van der Waals surface area (Å²) in [6.45, 7) is 3.71. The van der Waals surface area contributed by atoms with Crippen molar-refractivity contribution in [3.8, 4) is 0 Å². The first kappa shape index (κ1) is 18.4. The minimum Gasteiger partial charge on any atom is -0.365 e. The Kier molecular flexibility index (Phi) is 5.71. The molecule has 0 unspecified atom stereocenters. The molecule has 0 aliphatic heterocycles. The zero-order chi connectivity index (χ0) is 18.6. The quantitative estimate of drug-likeness (QED) is 0.511. The van der Waals surface area contributed by atoms with Crippen molar-refractivity contribution in [2.45, 2.75) is 32.4 Å². The Labute approximate surface area is 143 Å². The average molecular weight is 348 g/mol. The average Bonchev–Trinajstić information content (AvgIpc) is 2.54. The van der Waals surface area contributed by atoms with Crippen molar-refractivity contribution in [2.75, 3.05) is 10.6 Å².